The van der Waals surface area contributed by atoms with E-state index in [0.717, 1.165) is 11.1 Å². The van der Waals surface area contributed by atoms with Crippen molar-refractivity contribution < 1.29 is 19.4 Å². The lowest BCUT2D eigenvalue weighted by atomic mass is 9.96. The van der Waals surface area contributed by atoms with Crippen molar-refractivity contribution >= 4 is 51.3 Å². The number of carbonyl (C=O) groups is 2. The number of anilines is 1. The molecule has 1 saturated heterocycles. The van der Waals surface area contributed by atoms with Crippen molar-refractivity contribution in [3.05, 3.63) is 119 Å². The molecule has 1 aliphatic rings. The van der Waals surface area contributed by atoms with Crippen LogP contribution in [0.1, 0.15) is 39.7 Å². The van der Waals surface area contributed by atoms with Crippen LogP contribution in [0.4, 0.5) is 5.13 Å². The molecule has 1 unspecified atom stereocenters. The molecule has 5 aromatic rings. The van der Waals surface area contributed by atoms with Gasteiger partial charge in [0, 0.05) is 11.9 Å². The van der Waals surface area contributed by atoms with Crippen LogP contribution in [0, 0.1) is 20.8 Å². The van der Waals surface area contributed by atoms with E-state index in [9.17, 15) is 14.7 Å². The van der Waals surface area contributed by atoms with E-state index < -0.39 is 17.7 Å². The van der Waals surface area contributed by atoms with Gasteiger partial charge in [0.05, 0.1) is 17.3 Å². The number of ketones is 1. The maximum Gasteiger partial charge on any atom is 0.301 e. The highest BCUT2D eigenvalue weighted by atomic mass is 32.2. The fourth-order valence-corrected chi connectivity index (χ4v) is 6.96. The van der Waals surface area contributed by atoms with Crippen molar-refractivity contribution in [1.82, 2.24) is 19.6 Å². The van der Waals surface area contributed by atoms with Gasteiger partial charge in [-0.1, -0.05) is 83.8 Å². The largest absolute Gasteiger partial charge is 0.505 e. The van der Waals surface area contributed by atoms with E-state index in [4.69, 9.17) is 4.74 Å². The number of rotatable bonds is 9. The molecule has 2 aromatic carbocycles. The number of aryl methyl sites for hydroxylation is 3. The predicted octanol–water partition coefficient (Wildman–Crippen LogP) is 6.59. The van der Waals surface area contributed by atoms with Gasteiger partial charge in [0.15, 0.2) is 10.1 Å². The summed E-state index contributed by atoms with van der Waals surface area (Å²) >= 11 is 2.72. The molecule has 1 N–H and O–H groups in total. The zero-order valence-corrected chi connectivity index (χ0v) is 26.0. The van der Waals surface area contributed by atoms with Crippen LogP contribution in [0.15, 0.2) is 89.4 Å². The molecule has 44 heavy (non-hydrogen) atoms. The van der Waals surface area contributed by atoms with Crippen molar-refractivity contribution in [3.63, 3.8) is 0 Å². The Hall–Kier alpha value is -4.74. The number of hydrogen-bond acceptors (Lipinski definition) is 9. The van der Waals surface area contributed by atoms with Gasteiger partial charge in [0.2, 0.25) is 5.13 Å². The Labute approximate surface area is 262 Å². The summed E-state index contributed by atoms with van der Waals surface area (Å²) in [5.41, 5.74) is 5.22. The fraction of sp³-hybridized carbons (Fsp3) is 0.182. The summed E-state index contributed by atoms with van der Waals surface area (Å²) in [7, 11) is 0. The number of aliphatic hydroxyl groups excluding tert-OH is 1. The Morgan fingerprint density at radius 3 is 2.64 bits per heavy atom. The highest BCUT2D eigenvalue weighted by Crippen LogP contribution is 2.45. The van der Waals surface area contributed by atoms with Crippen molar-refractivity contribution in [1.29, 1.82) is 0 Å². The Bertz CT molecular complexity index is 1940. The SMILES string of the molecule is C=CCOc1cccc(C2C(=C(O)c3nc4c(C)cccn4c3C)C(=O)C(=O)N2c2nnc(SCc3ccc(C)cc3)s2)c1. The third-order valence-corrected chi connectivity index (χ3v) is 9.51. The van der Waals surface area contributed by atoms with Crippen molar-refractivity contribution in [3.8, 4) is 5.75 Å². The molecule has 0 aliphatic carbocycles. The van der Waals surface area contributed by atoms with Crippen molar-refractivity contribution in [2.75, 3.05) is 11.5 Å². The third kappa shape index (κ3) is 5.40. The summed E-state index contributed by atoms with van der Waals surface area (Å²) in [6.45, 7) is 9.75. The number of ether oxygens (including phenoxy) is 1. The van der Waals surface area contributed by atoms with E-state index in [1.54, 1.807) is 30.3 Å². The lowest BCUT2D eigenvalue weighted by Crippen LogP contribution is -2.29. The molecule has 9 nitrogen and oxygen atoms in total. The summed E-state index contributed by atoms with van der Waals surface area (Å²) in [6, 6.07) is 18.1. The third-order valence-electron chi connectivity index (χ3n) is 7.38. The van der Waals surface area contributed by atoms with Gasteiger partial charge in [-0.2, -0.15) is 0 Å². The van der Waals surface area contributed by atoms with Gasteiger partial charge < -0.3 is 14.2 Å². The minimum atomic E-state index is -0.990. The van der Waals surface area contributed by atoms with E-state index in [1.165, 1.54) is 33.6 Å². The first-order valence-electron chi connectivity index (χ1n) is 13.9. The first-order chi connectivity index (χ1) is 21.3. The maximum atomic E-state index is 13.7. The second-order valence-electron chi connectivity index (χ2n) is 10.4. The van der Waals surface area contributed by atoms with E-state index >= 15 is 0 Å². The number of aliphatic hydroxyl groups is 1. The number of amides is 1. The summed E-state index contributed by atoms with van der Waals surface area (Å²) in [4.78, 5) is 33.4. The molecule has 1 atom stereocenters. The Morgan fingerprint density at radius 1 is 1.09 bits per heavy atom. The Morgan fingerprint density at radius 2 is 1.89 bits per heavy atom. The van der Waals surface area contributed by atoms with Crippen LogP contribution >= 0.6 is 23.1 Å². The van der Waals surface area contributed by atoms with Gasteiger partial charge in [0.1, 0.15) is 23.7 Å². The maximum absolute atomic E-state index is 13.7. The molecule has 0 bridgehead atoms. The second-order valence-corrected chi connectivity index (χ2v) is 12.6. The number of Topliss-reactive ketones (excluding diaryl/α,β-unsaturated/α-hetero) is 1. The molecule has 222 valence electrons. The zero-order valence-electron chi connectivity index (χ0n) is 24.4. The topological polar surface area (TPSA) is 110 Å². The number of pyridine rings is 1. The normalized spacial score (nSPS) is 16.2. The fourth-order valence-electron chi connectivity index (χ4n) is 5.14. The Balaban J connectivity index is 1.44. The van der Waals surface area contributed by atoms with Gasteiger partial charge in [-0.05, 0) is 55.7 Å². The molecule has 0 saturated carbocycles. The van der Waals surface area contributed by atoms with Crippen LogP contribution in [0.5, 0.6) is 5.75 Å². The minimum Gasteiger partial charge on any atom is -0.505 e. The quantitative estimate of drug-likeness (QED) is 0.0489. The molecule has 1 fully saturated rings. The number of thioether (sulfide) groups is 1. The monoisotopic (exact) mass is 623 g/mol. The molecule has 3 aromatic heterocycles. The highest BCUT2D eigenvalue weighted by molar-refractivity contribution is 8.00. The van der Waals surface area contributed by atoms with Crippen molar-refractivity contribution in [2.24, 2.45) is 0 Å². The number of hydrogen-bond donors (Lipinski definition) is 1. The lowest BCUT2D eigenvalue weighted by molar-refractivity contribution is -0.132. The molecule has 1 amide bonds. The van der Waals surface area contributed by atoms with Crippen LogP contribution in [0.3, 0.4) is 0 Å². The van der Waals surface area contributed by atoms with E-state index in [2.05, 4.69) is 46.0 Å². The zero-order chi connectivity index (χ0) is 31.0. The number of nitrogens with zero attached hydrogens (tertiary/aromatic N) is 5. The summed E-state index contributed by atoms with van der Waals surface area (Å²) in [6.07, 6.45) is 3.47. The molecule has 0 spiro atoms. The standard InChI is InChI=1S/C33H29N5O4S2/c1-5-16-42-24-10-6-9-23(17-24)27-25(28(39)26-21(4)37-15-7-8-20(3)30(37)34-26)29(40)31(41)38(27)32-35-36-33(44-32)43-18-22-13-11-19(2)12-14-22/h5-15,17,27,39H,1,16,18H2,2-4H3. The molecule has 6 rings (SSSR count). The van der Waals surface area contributed by atoms with Gasteiger partial charge >= 0.3 is 5.91 Å². The summed E-state index contributed by atoms with van der Waals surface area (Å²) in [5, 5.41) is 20.6. The second kappa shape index (κ2) is 12.1. The van der Waals surface area contributed by atoms with Crippen LogP contribution < -0.4 is 9.64 Å². The van der Waals surface area contributed by atoms with Gasteiger partial charge in [0.25, 0.3) is 5.78 Å². The number of benzene rings is 2. The van der Waals surface area contributed by atoms with E-state index in [-0.39, 0.29) is 28.8 Å². The number of aromatic nitrogens is 4. The van der Waals surface area contributed by atoms with Crippen LogP contribution in [0.2, 0.25) is 0 Å². The van der Waals surface area contributed by atoms with E-state index in [1.807, 2.05) is 43.5 Å². The van der Waals surface area contributed by atoms with Crippen molar-refractivity contribution in [2.45, 2.75) is 36.9 Å². The average Bonchev–Trinajstić information content (AvgIpc) is 3.71. The van der Waals surface area contributed by atoms with Gasteiger partial charge in [-0.3, -0.25) is 14.5 Å². The minimum absolute atomic E-state index is 0.0795. The summed E-state index contributed by atoms with van der Waals surface area (Å²) in [5.74, 6) is -0.793. The number of imidazole rings is 1. The first kappa shape index (κ1) is 29.3. The smallest absolute Gasteiger partial charge is 0.301 e. The van der Waals surface area contributed by atoms with Crippen LogP contribution in [-0.4, -0.2) is 43.0 Å². The number of fused-ring (bicyclic) bond motifs is 1. The predicted molar refractivity (Wildman–Crippen MR) is 172 cm³/mol. The van der Waals surface area contributed by atoms with Gasteiger partial charge in [-0.25, -0.2) is 4.98 Å². The average molecular weight is 624 g/mol. The van der Waals surface area contributed by atoms with Gasteiger partial charge in [-0.15, -0.1) is 10.2 Å². The van der Waals surface area contributed by atoms with Crippen LogP contribution in [0.25, 0.3) is 11.4 Å². The molecule has 4 heterocycles. The molecular formula is C33H29N5O4S2. The molecule has 11 heteroatoms. The van der Waals surface area contributed by atoms with E-state index in [0.29, 0.717) is 32.7 Å². The summed E-state index contributed by atoms with van der Waals surface area (Å²) < 4.78 is 8.26. The lowest BCUT2D eigenvalue weighted by Gasteiger charge is -2.22. The molecular weight excluding hydrogens is 595 g/mol. The Kier molecular flexibility index (Phi) is 8.07. The van der Waals surface area contributed by atoms with Crippen LogP contribution in [-0.2, 0) is 15.3 Å². The molecule has 1 aliphatic heterocycles. The number of carbonyl (C=O) groups excluding carboxylic acids is 2. The molecule has 0 radical (unpaired) electrons. The first-order valence-corrected chi connectivity index (χ1v) is 15.7. The highest BCUT2D eigenvalue weighted by Gasteiger charge is 2.49.